The average molecular weight is 233 g/mol. The number of amides is 1. The second kappa shape index (κ2) is 7.22. The lowest BCUT2D eigenvalue weighted by Crippen LogP contribution is -2.35. The highest BCUT2D eigenvalue weighted by Crippen LogP contribution is 2.01. The molecule has 90 valence electrons. The van der Waals surface area contributed by atoms with Crippen molar-refractivity contribution >= 4 is 12.4 Å². The quantitative estimate of drug-likeness (QED) is 0.604. The number of rotatable bonds is 6. The lowest BCUT2D eigenvalue weighted by Gasteiger charge is -2.10. The molecule has 0 spiro atoms. The van der Waals surface area contributed by atoms with Crippen LogP contribution in [0.1, 0.15) is 12.0 Å². The van der Waals surface area contributed by atoms with E-state index in [1.807, 2.05) is 30.3 Å². The van der Waals surface area contributed by atoms with Gasteiger partial charge < -0.3 is 14.8 Å². The smallest absolute Gasteiger partial charge is 0.408 e. The lowest BCUT2D eigenvalue weighted by atomic mass is 10.2. The van der Waals surface area contributed by atoms with E-state index in [-0.39, 0.29) is 6.61 Å². The third kappa shape index (κ3) is 4.97. The molecule has 0 aliphatic heterocycles. The Morgan fingerprint density at radius 2 is 2.12 bits per heavy atom. The van der Waals surface area contributed by atoms with Gasteiger partial charge in [0.25, 0.3) is 0 Å². The fraction of sp³-hybridized carbons (Fsp3) is 0.231. The number of aldehydes is 1. The van der Waals surface area contributed by atoms with E-state index in [9.17, 15) is 9.59 Å². The van der Waals surface area contributed by atoms with E-state index in [4.69, 9.17) is 4.74 Å². The summed E-state index contributed by atoms with van der Waals surface area (Å²) in [5, 5.41) is 2.44. The predicted octanol–water partition coefficient (Wildman–Crippen LogP) is 2.06. The van der Waals surface area contributed by atoms with Crippen molar-refractivity contribution in [1.29, 1.82) is 0 Å². The zero-order chi connectivity index (χ0) is 12.5. The molecule has 0 aliphatic rings. The number of alkyl carbamates (subject to hydrolysis) is 1. The van der Waals surface area contributed by atoms with Gasteiger partial charge in [0, 0.05) is 0 Å². The van der Waals surface area contributed by atoms with Gasteiger partial charge >= 0.3 is 6.09 Å². The van der Waals surface area contributed by atoms with E-state index < -0.39 is 12.1 Å². The van der Waals surface area contributed by atoms with Crippen LogP contribution in [0.3, 0.4) is 0 Å². The highest BCUT2D eigenvalue weighted by atomic mass is 16.5. The number of hydrogen-bond acceptors (Lipinski definition) is 3. The summed E-state index contributed by atoms with van der Waals surface area (Å²) in [6.07, 6.45) is 2.01. The summed E-state index contributed by atoms with van der Waals surface area (Å²) in [5.41, 5.74) is 0.897. The molecular formula is C13H15NO3. The number of carbonyl (C=O) groups excluding carboxylic acids is 2. The van der Waals surface area contributed by atoms with Crippen molar-refractivity contribution in [2.24, 2.45) is 0 Å². The molecule has 0 aliphatic carbocycles. The summed E-state index contributed by atoms with van der Waals surface area (Å²) < 4.78 is 4.96. The van der Waals surface area contributed by atoms with Crippen molar-refractivity contribution in [3.8, 4) is 0 Å². The molecule has 0 radical (unpaired) electrons. The lowest BCUT2D eigenvalue weighted by molar-refractivity contribution is -0.109. The van der Waals surface area contributed by atoms with Gasteiger partial charge in [-0.25, -0.2) is 4.79 Å². The molecule has 0 bridgehead atoms. The molecule has 4 nitrogen and oxygen atoms in total. The van der Waals surface area contributed by atoms with Crippen LogP contribution in [0.4, 0.5) is 4.79 Å². The van der Waals surface area contributed by atoms with E-state index in [0.29, 0.717) is 12.7 Å². The maximum Gasteiger partial charge on any atom is 0.408 e. The van der Waals surface area contributed by atoms with Crippen LogP contribution in [0, 0.1) is 0 Å². The molecule has 1 rings (SSSR count). The number of benzene rings is 1. The van der Waals surface area contributed by atoms with Gasteiger partial charge in [-0.1, -0.05) is 36.4 Å². The van der Waals surface area contributed by atoms with Crippen LogP contribution in [-0.4, -0.2) is 18.4 Å². The van der Waals surface area contributed by atoms with Crippen LogP contribution in [0.15, 0.2) is 43.0 Å². The zero-order valence-electron chi connectivity index (χ0n) is 9.46. The molecule has 1 aromatic carbocycles. The predicted molar refractivity (Wildman–Crippen MR) is 64.4 cm³/mol. The highest BCUT2D eigenvalue weighted by molar-refractivity contribution is 5.73. The Hall–Kier alpha value is -2.10. The molecule has 0 aromatic heterocycles. The summed E-state index contributed by atoms with van der Waals surface area (Å²) in [6, 6.07) is 8.75. The second-order valence-corrected chi connectivity index (χ2v) is 3.47. The van der Waals surface area contributed by atoms with Gasteiger partial charge in [-0.3, -0.25) is 0 Å². The summed E-state index contributed by atoms with van der Waals surface area (Å²) in [6.45, 7) is 3.69. The Morgan fingerprint density at radius 1 is 1.41 bits per heavy atom. The molecule has 1 atom stereocenters. The molecule has 1 unspecified atom stereocenters. The van der Waals surface area contributed by atoms with Gasteiger partial charge in [0.05, 0.1) is 6.04 Å². The zero-order valence-corrected chi connectivity index (χ0v) is 9.46. The van der Waals surface area contributed by atoms with Crippen molar-refractivity contribution in [3.63, 3.8) is 0 Å². The van der Waals surface area contributed by atoms with Crippen LogP contribution in [-0.2, 0) is 16.1 Å². The molecular weight excluding hydrogens is 218 g/mol. The molecule has 0 saturated heterocycles. The normalized spacial score (nSPS) is 11.3. The van der Waals surface area contributed by atoms with Gasteiger partial charge in [-0.15, -0.1) is 6.58 Å². The minimum atomic E-state index is -0.604. The average Bonchev–Trinajstić information content (AvgIpc) is 2.37. The first-order valence-electron chi connectivity index (χ1n) is 5.29. The number of nitrogens with one attached hydrogen (secondary N) is 1. The van der Waals surface area contributed by atoms with Crippen LogP contribution in [0.5, 0.6) is 0 Å². The van der Waals surface area contributed by atoms with E-state index in [1.165, 1.54) is 0 Å². The standard InChI is InChI=1S/C13H15NO3/c1-2-6-12(9-15)14-13(16)17-10-11-7-4-3-5-8-11/h2-5,7-9,12H,1,6,10H2,(H,14,16). The fourth-order valence-electron chi connectivity index (χ4n) is 1.24. The van der Waals surface area contributed by atoms with Crippen LogP contribution in [0.2, 0.25) is 0 Å². The summed E-state index contributed by atoms with van der Waals surface area (Å²) in [4.78, 5) is 21.9. The molecule has 1 amide bonds. The third-order valence-corrected chi connectivity index (χ3v) is 2.10. The molecule has 4 heteroatoms. The van der Waals surface area contributed by atoms with Crippen LogP contribution in [0.25, 0.3) is 0 Å². The van der Waals surface area contributed by atoms with Gasteiger partial charge in [0.15, 0.2) is 0 Å². The summed E-state index contributed by atoms with van der Waals surface area (Å²) in [7, 11) is 0. The maximum absolute atomic E-state index is 11.3. The first-order chi connectivity index (χ1) is 8.26. The van der Waals surface area contributed by atoms with Crippen LogP contribution >= 0.6 is 0 Å². The number of carbonyl (C=O) groups is 2. The Balaban J connectivity index is 2.34. The van der Waals surface area contributed by atoms with E-state index in [2.05, 4.69) is 11.9 Å². The second-order valence-electron chi connectivity index (χ2n) is 3.47. The molecule has 1 aromatic rings. The first kappa shape index (κ1) is 13.0. The monoisotopic (exact) mass is 233 g/mol. The van der Waals surface area contributed by atoms with E-state index in [0.717, 1.165) is 5.56 Å². The summed E-state index contributed by atoms with van der Waals surface area (Å²) >= 11 is 0. The van der Waals surface area contributed by atoms with Gasteiger partial charge in [0.1, 0.15) is 12.9 Å². The molecule has 1 N–H and O–H groups in total. The fourth-order valence-corrected chi connectivity index (χ4v) is 1.24. The SMILES string of the molecule is C=CCC(C=O)NC(=O)OCc1ccccc1. The highest BCUT2D eigenvalue weighted by Gasteiger charge is 2.10. The molecule has 0 heterocycles. The molecule has 0 fully saturated rings. The Bertz CT molecular complexity index is 376. The van der Waals surface area contributed by atoms with Gasteiger partial charge in [-0.2, -0.15) is 0 Å². The first-order valence-corrected chi connectivity index (χ1v) is 5.29. The van der Waals surface area contributed by atoms with Crippen molar-refractivity contribution in [3.05, 3.63) is 48.6 Å². The Labute approximate surface area is 100 Å². The number of hydrogen-bond donors (Lipinski definition) is 1. The Morgan fingerprint density at radius 3 is 2.71 bits per heavy atom. The van der Waals surface area contributed by atoms with E-state index in [1.54, 1.807) is 6.08 Å². The van der Waals surface area contributed by atoms with Gasteiger partial charge in [0.2, 0.25) is 0 Å². The van der Waals surface area contributed by atoms with Crippen molar-refractivity contribution in [1.82, 2.24) is 5.32 Å². The van der Waals surface area contributed by atoms with Crippen molar-refractivity contribution < 1.29 is 14.3 Å². The van der Waals surface area contributed by atoms with Gasteiger partial charge in [-0.05, 0) is 12.0 Å². The molecule has 17 heavy (non-hydrogen) atoms. The van der Waals surface area contributed by atoms with Crippen molar-refractivity contribution in [2.75, 3.05) is 0 Å². The third-order valence-electron chi connectivity index (χ3n) is 2.10. The number of ether oxygens (including phenoxy) is 1. The topological polar surface area (TPSA) is 55.4 Å². The largest absolute Gasteiger partial charge is 0.445 e. The maximum atomic E-state index is 11.3. The minimum absolute atomic E-state index is 0.187. The van der Waals surface area contributed by atoms with Crippen molar-refractivity contribution in [2.45, 2.75) is 19.1 Å². The Kier molecular flexibility index (Phi) is 5.51. The van der Waals surface area contributed by atoms with E-state index >= 15 is 0 Å². The molecule has 0 saturated carbocycles. The van der Waals surface area contributed by atoms with Crippen LogP contribution < -0.4 is 5.32 Å². The summed E-state index contributed by atoms with van der Waals surface area (Å²) in [5.74, 6) is 0. The minimum Gasteiger partial charge on any atom is -0.445 e.